The van der Waals surface area contributed by atoms with Crippen molar-refractivity contribution >= 4 is 12.0 Å². The number of hydrogen-bond acceptors (Lipinski definition) is 5. The van der Waals surface area contributed by atoms with Gasteiger partial charge in [0.1, 0.15) is 6.33 Å². The van der Waals surface area contributed by atoms with Gasteiger partial charge in [0.15, 0.2) is 0 Å². The molecule has 7 nitrogen and oxygen atoms in total. The Morgan fingerprint density at radius 3 is 2.45 bits per heavy atom. The van der Waals surface area contributed by atoms with Gasteiger partial charge in [0.25, 0.3) is 0 Å². The third-order valence-electron chi connectivity index (χ3n) is 6.10. The Morgan fingerprint density at radius 1 is 1.09 bits per heavy atom. The first kappa shape index (κ1) is 22.7. The summed E-state index contributed by atoms with van der Waals surface area (Å²) in [5.41, 5.74) is 3.86. The third-order valence-corrected chi connectivity index (χ3v) is 6.10. The van der Waals surface area contributed by atoms with E-state index in [1.54, 1.807) is 23.0 Å². The number of ether oxygens (including phenoxy) is 1. The van der Waals surface area contributed by atoms with Crippen LogP contribution in [-0.4, -0.2) is 52.0 Å². The van der Waals surface area contributed by atoms with Gasteiger partial charge in [-0.1, -0.05) is 54.1 Å². The molecule has 0 spiro atoms. The summed E-state index contributed by atoms with van der Waals surface area (Å²) in [6.07, 6.45) is 5.75. The molecule has 1 aromatic heterocycles. The first-order chi connectivity index (χ1) is 16.0. The quantitative estimate of drug-likeness (QED) is 0.519. The molecule has 3 aromatic rings. The van der Waals surface area contributed by atoms with E-state index < -0.39 is 0 Å². The number of likely N-dealkylation sites (tertiary alicyclic amines) is 1. The van der Waals surface area contributed by atoms with Gasteiger partial charge in [-0.2, -0.15) is 5.10 Å². The van der Waals surface area contributed by atoms with E-state index in [-0.39, 0.29) is 17.7 Å². The maximum Gasteiger partial charge on any atom is 0.346 e. The summed E-state index contributed by atoms with van der Waals surface area (Å²) in [7, 11) is 1.36. The van der Waals surface area contributed by atoms with Gasteiger partial charge in [0.05, 0.1) is 19.2 Å². The minimum Gasteiger partial charge on any atom is -0.465 e. The minimum atomic E-state index is -0.375. The van der Waals surface area contributed by atoms with E-state index in [1.165, 1.54) is 22.9 Å². The van der Waals surface area contributed by atoms with Gasteiger partial charge in [-0.25, -0.2) is 14.3 Å². The lowest BCUT2D eigenvalue weighted by Gasteiger charge is -2.32. The smallest absolute Gasteiger partial charge is 0.346 e. The van der Waals surface area contributed by atoms with Crippen molar-refractivity contribution in [2.24, 2.45) is 0 Å². The molecule has 0 bridgehead atoms. The maximum absolute atomic E-state index is 12.9. The average molecular weight is 447 g/mol. The van der Waals surface area contributed by atoms with E-state index in [0.717, 1.165) is 38.0 Å². The van der Waals surface area contributed by atoms with Crippen LogP contribution in [0, 0.1) is 0 Å². The monoisotopic (exact) mass is 446 g/mol. The van der Waals surface area contributed by atoms with Crippen LogP contribution in [0.3, 0.4) is 0 Å². The molecule has 33 heavy (non-hydrogen) atoms. The van der Waals surface area contributed by atoms with Crippen LogP contribution in [0.1, 0.15) is 47.3 Å². The fourth-order valence-corrected chi connectivity index (χ4v) is 4.33. The van der Waals surface area contributed by atoms with Gasteiger partial charge in [-0.05, 0) is 43.0 Å². The molecule has 1 fully saturated rings. The molecule has 1 aliphatic rings. The largest absolute Gasteiger partial charge is 0.465 e. The number of hydrogen-bond donors (Lipinski definition) is 0. The lowest BCUT2D eigenvalue weighted by Crippen LogP contribution is -2.38. The molecule has 0 amide bonds. The van der Waals surface area contributed by atoms with Gasteiger partial charge in [-0.3, -0.25) is 9.47 Å². The lowest BCUT2D eigenvalue weighted by molar-refractivity contribution is 0.0600. The highest BCUT2D eigenvalue weighted by atomic mass is 16.5. The Hall–Kier alpha value is -3.45. The molecule has 0 radical (unpaired) electrons. The van der Waals surface area contributed by atoms with E-state index >= 15 is 0 Å². The van der Waals surface area contributed by atoms with E-state index in [2.05, 4.69) is 47.3 Å². The van der Waals surface area contributed by atoms with Crippen molar-refractivity contribution in [1.82, 2.24) is 19.2 Å². The highest BCUT2D eigenvalue weighted by molar-refractivity contribution is 5.89. The molecule has 1 aliphatic heterocycles. The van der Waals surface area contributed by atoms with Gasteiger partial charge in [0, 0.05) is 25.7 Å². The highest BCUT2D eigenvalue weighted by Crippen LogP contribution is 2.22. The van der Waals surface area contributed by atoms with Crippen molar-refractivity contribution in [1.29, 1.82) is 0 Å². The number of rotatable bonds is 7. The predicted octanol–water partition coefficient (Wildman–Crippen LogP) is 3.62. The molecule has 0 unspecified atom stereocenters. The van der Waals surface area contributed by atoms with Crippen molar-refractivity contribution in [2.45, 2.75) is 32.4 Å². The van der Waals surface area contributed by atoms with E-state index in [0.29, 0.717) is 12.1 Å². The molecule has 172 valence electrons. The van der Waals surface area contributed by atoms with Crippen LogP contribution >= 0.6 is 0 Å². The maximum atomic E-state index is 12.9. The SMILES string of the molecule is COC(=O)c1ccc(Cn2ncn(C3CCN(CC(C)=Cc4ccccc4)CC3)c2=O)cc1. The zero-order chi connectivity index (χ0) is 23.2. The van der Waals surface area contributed by atoms with Crippen LogP contribution in [0.5, 0.6) is 0 Å². The Bertz CT molecular complexity index is 1150. The second kappa shape index (κ2) is 10.4. The molecular formula is C26H30N4O3. The van der Waals surface area contributed by atoms with E-state index in [9.17, 15) is 9.59 Å². The van der Waals surface area contributed by atoms with Crippen LogP contribution in [0.25, 0.3) is 6.08 Å². The Balaban J connectivity index is 1.33. The normalized spacial score (nSPS) is 15.5. The number of carbonyl (C=O) groups excluding carboxylic acids is 1. The second-order valence-electron chi connectivity index (χ2n) is 8.58. The zero-order valence-electron chi connectivity index (χ0n) is 19.2. The molecule has 0 atom stereocenters. The molecular weight excluding hydrogens is 416 g/mol. The fraction of sp³-hybridized carbons (Fsp3) is 0.346. The van der Waals surface area contributed by atoms with Crippen LogP contribution in [0.2, 0.25) is 0 Å². The van der Waals surface area contributed by atoms with E-state index in [1.807, 2.05) is 18.2 Å². The number of benzene rings is 2. The Kier molecular flexibility index (Phi) is 7.19. The number of piperidine rings is 1. The van der Waals surface area contributed by atoms with Crippen LogP contribution in [0.4, 0.5) is 0 Å². The predicted molar refractivity (Wildman–Crippen MR) is 128 cm³/mol. The van der Waals surface area contributed by atoms with E-state index in [4.69, 9.17) is 4.74 Å². The van der Waals surface area contributed by atoms with Crippen molar-refractivity contribution in [3.8, 4) is 0 Å². The van der Waals surface area contributed by atoms with Gasteiger partial charge in [-0.15, -0.1) is 0 Å². The molecule has 0 aliphatic carbocycles. The number of carbonyl (C=O) groups is 1. The Morgan fingerprint density at radius 2 is 1.79 bits per heavy atom. The molecule has 0 saturated carbocycles. The van der Waals surface area contributed by atoms with Crippen LogP contribution in [-0.2, 0) is 11.3 Å². The second-order valence-corrected chi connectivity index (χ2v) is 8.58. The van der Waals surface area contributed by atoms with Gasteiger partial charge < -0.3 is 4.74 Å². The van der Waals surface area contributed by atoms with Crippen LogP contribution in [0.15, 0.2) is 71.3 Å². The molecule has 1 saturated heterocycles. The van der Waals surface area contributed by atoms with Crippen molar-refractivity contribution < 1.29 is 9.53 Å². The summed E-state index contributed by atoms with van der Waals surface area (Å²) in [5, 5.41) is 4.33. The summed E-state index contributed by atoms with van der Waals surface area (Å²) in [6.45, 7) is 5.40. The number of aromatic nitrogens is 3. The lowest BCUT2D eigenvalue weighted by atomic mass is 10.0. The summed E-state index contributed by atoms with van der Waals surface area (Å²) >= 11 is 0. The fourth-order valence-electron chi connectivity index (χ4n) is 4.33. The zero-order valence-corrected chi connectivity index (χ0v) is 19.2. The molecule has 2 heterocycles. The first-order valence-corrected chi connectivity index (χ1v) is 11.3. The number of nitrogens with zero attached hydrogens (tertiary/aromatic N) is 4. The van der Waals surface area contributed by atoms with Crippen molar-refractivity contribution in [3.63, 3.8) is 0 Å². The number of esters is 1. The minimum absolute atomic E-state index is 0.0920. The average Bonchev–Trinajstić information content (AvgIpc) is 3.20. The molecule has 0 N–H and O–H groups in total. The van der Waals surface area contributed by atoms with Gasteiger partial charge in [0.2, 0.25) is 0 Å². The molecule has 7 heteroatoms. The summed E-state index contributed by atoms with van der Waals surface area (Å²) in [5.74, 6) is -0.375. The highest BCUT2D eigenvalue weighted by Gasteiger charge is 2.23. The molecule has 2 aromatic carbocycles. The number of methoxy groups -OCH3 is 1. The first-order valence-electron chi connectivity index (χ1n) is 11.3. The van der Waals surface area contributed by atoms with Crippen molar-refractivity contribution in [2.75, 3.05) is 26.7 Å². The van der Waals surface area contributed by atoms with Crippen LogP contribution < -0.4 is 5.69 Å². The summed E-state index contributed by atoms with van der Waals surface area (Å²) in [6, 6.07) is 17.6. The Labute approximate surface area is 193 Å². The third kappa shape index (κ3) is 5.68. The molecule has 4 rings (SSSR count). The topological polar surface area (TPSA) is 69.4 Å². The standard InChI is InChI=1S/C26H30N4O3/c1-20(16-21-6-4-3-5-7-21)17-28-14-12-24(13-15-28)29-19-27-30(26(29)32)18-22-8-10-23(11-9-22)25(31)33-2/h3-11,16,19,24H,12-15,17-18H2,1-2H3. The van der Waals surface area contributed by atoms with Crippen molar-refractivity contribution in [3.05, 3.63) is 93.7 Å². The summed E-state index contributed by atoms with van der Waals surface area (Å²) < 4.78 is 7.97. The van der Waals surface area contributed by atoms with Gasteiger partial charge >= 0.3 is 11.7 Å². The summed E-state index contributed by atoms with van der Waals surface area (Å²) in [4.78, 5) is 27.0.